The third-order valence-corrected chi connectivity index (χ3v) is 22.0. The summed E-state index contributed by atoms with van der Waals surface area (Å²) in [5.74, 6) is 0. The normalized spacial score (nSPS) is 14.2. The Kier molecular flexibility index (Phi) is 12.6. The number of hydrogen-bond donors (Lipinski definition) is 0. The highest BCUT2D eigenvalue weighted by atomic mass is 15.2. The van der Waals surface area contributed by atoms with Crippen LogP contribution in [0.2, 0.25) is 0 Å². The van der Waals surface area contributed by atoms with Gasteiger partial charge in [0.2, 0.25) is 0 Å². The molecule has 3 aliphatic rings. The molecule has 0 saturated carbocycles. The van der Waals surface area contributed by atoms with E-state index in [0.717, 1.165) is 151 Å². The maximum atomic E-state index is 10.2. The van der Waals surface area contributed by atoms with Crippen molar-refractivity contribution in [1.29, 1.82) is 0 Å². The minimum absolute atomic E-state index is 0.0133. The molecule has 0 unspecified atom stereocenters. The first-order chi connectivity index (χ1) is 55.1. The highest BCUT2D eigenvalue weighted by molar-refractivity contribution is 7.00. The van der Waals surface area contributed by atoms with Crippen LogP contribution >= 0.6 is 0 Å². The number of hydrogen-bond acceptors (Lipinski definition) is 2. The third kappa shape index (κ3) is 9.74. The van der Waals surface area contributed by atoms with Crippen LogP contribution in [0.25, 0.3) is 105 Å². The molecule has 0 atom stereocenters. The zero-order valence-electron chi connectivity index (χ0n) is 66.2. The second kappa shape index (κ2) is 24.6. The quantitative estimate of drug-likeness (QED) is 0.120. The van der Waals surface area contributed by atoms with Gasteiger partial charge in [0.1, 0.15) is 0 Å². The molecule has 0 N–H and O–H groups in total. The lowest BCUT2D eigenvalue weighted by atomic mass is 9.33. The standard InChI is InChI=1S/C101H72BN3/c1-100(2,3)76-58-60-92-89(64-76)102-88-59-57-72(78-50-31-53-84-81-47-25-28-54-87(81)101(96(78)84,74-43-21-9-22-44-74)75-45-23-10-24-46-75)63-93(88)105(99-85(70-39-17-7-18-40-70)61-73(67-33-11-4-12-34-67)62-86(99)71-41-19-8-20-42-71)95-66-77(103-90-55-29-26-48-82(90)83-49-27-30-56-91(83)103)65-94(97(95)102)104(92)98-79(68-35-13-5-14-36-68)51-32-52-80(98)69-37-15-6-16-38-69/h4-66H,1-3H3/i26D,27D,29D,30D,48D,49D,55D,56D. The molecular weight excluding hydrogens is 1270 g/mol. The van der Waals surface area contributed by atoms with E-state index in [1.165, 1.54) is 5.56 Å². The fourth-order valence-electron chi connectivity index (χ4n) is 17.5. The molecule has 105 heavy (non-hydrogen) atoms. The van der Waals surface area contributed by atoms with Gasteiger partial charge in [-0.2, -0.15) is 0 Å². The Balaban J connectivity index is 1.01. The molecule has 0 radical (unpaired) electrons. The second-order valence-corrected chi connectivity index (χ2v) is 28.8. The first kappa shape index (κ1) is 53.8. The van der Waals surface area contributed by atoms with Gasteiger partial charge < -0.3 is 14.4 Å². The summed E-state index contributed by atoms with van der Waals surface area (Å²) in [6.07, 6.45) is 0. The van der Waals surface area contributed by atoms with Gasteiger partial charge in [-0.15, -0.1) is 0 Å². The van der Waals surface area contributed by atoms with Crippen LogP contribution in [0, 0.1) is 0 Å². The Morgan fingerprint density at radius 3 is 1.29 bits per heavy atom. The first-order valence-corrected chi connectivity index (χ1v) is 36.1. The summed E-state index contributed by atoms with van der Waals surface area (Å²) in [6, 6.07) is 116. The SMILES string of the molecule is [2H]c1c([2H])c([2H])c2c(c1[2H])c1c([2H])c([2H])c([2H])c([2H])c1n2-c1cc2c3c(c1)N(c1c(-c4ccccc4)cc(-c4ccccc4)cc1-c1ccccc1)c1cc(-c4cccc5c4C(c4ccccc4)(c4ccccc4)c4ccccc4-5)ccc1B3c1cc(C(C)(C)C)ccc1N2c1c(-c2ccccc2)cccc1-c1ccccc1. The van der Waals surface area contributed by atoms with Gasteiger partial charge in [0.15, 0.2) is 0 Å². The van der Waals surface area contributed by atoms with Crippen LogP contribution in [-0.2, 0) is 10.8 Å². The van der Waals surface area contributed by atoms with Crippen molar-refractivity contribution < 1.29 is 11.0 Å². The Morgan fingerprint density at radius 1 is 0.314 bits per heavy atom. The van der Waals surface area contributed by atoms with E-state index in [0.29, 0.717) is 5.69 Å². The monoisotopic (exact) mass is 1350 g/mol. The van der Waals surface area contributed by atoms with Crippen LogP contribution in [0.3, 0.4) is 0 Å². The zero-order chi connectivity index (χ0) is 76.9. The molecule has 16 aromatic carbocycles. The Hall–Kier alpha value is -13.0. The molecule has 494 valence electrons. The van der Waals surface area contributed by atoms with Crippen LogP contribution in [0.4, 0.5) is 34.1 Å². The van der Waals surface area contributed by atoms with Crippen molar-refractivity contribution in [2.24, 2.45) is 0 Å². The van der Waals surface area contributed by atoms with Crippen molar-refractivity contribution in [3.63, 3.8) is 0 Å². The van der Waals surface area contributed by atoms with Crippen LogP contribution in [-0.4, -0.2) is 11.3 Å². The predicted molar refractivity (Wildman–Crippen MR) is 443 cm³/mol. The van der Waals surface area contributed by atoms with E-state index < -0.39 is 60.5 Å². The minimum atomic E-state index is -0.790. The van der Waals surface area contributed by atoms with Gasteiger partial charge in [0.05, 0.1) is 44.5 Å². The molecule has 1 aliphatic carbocycles. The van der Waals surface area contributed by atoms with Crippen molar-refractivity contribution in [2.75, 3.05) is 9.80 Å². The summed E-state index contributed by atoms with van der Waals surface area (Å²) in [7, 11) is 0. The molecule has 0 spiro atoms. The maximum Gasteiger partial charge on any atom is 0.252 e. The van der Waals surface area contributed by atoms with E-state index in [4.69, 9.17) is 0 Å². The van der Waals surface area contributed by atoms with Gasteiger partial charge in [-0.1, -0.05) is 354 Å². The van der Waals surface area contributed by atoms with Gasteiger partial charge in [-0.25, -0.2) is 0 Å². The Morgan fingerprint density at radius 2 is 0.752 bits per heavy atom. The van der Waals surface area contributed by atoms with E-state index in [9.17, 15) is 11.0 Å². The molecule has 3 heterocycles. The predicted octanol–water partition coefficient (Wildman–Crippen LogP) is 24.5. The van der Waals surface area contributed by atoms with Crippen LogP contribution in [0.15, 0.2) is 382 Å². The number of rotatable bonds is 11. The molecule has 2 aliphatic heterocycles. The fraction of sp³-hybridized carbons (Fsp3) is 0.0495. The van der Waals surface area contributed by atoms with Crippen LogP contribution < -0.4 is 26.2 Å². The number of nitrogens with zero attached hydrogens (tertiary/aromatic N) is 3. The number of fused-ring (bicyclic) bond motifs is 10. The van der Waals surface area contributed by atoms with E-state index in [2.05, 4.69) is 346 Å². The topological polar surface area (TPSA) is 11.4 Å². The van der Waals surface area contributed by atoms with E-state index >= 15 is 0 Å². The highest BCUT2D eigenvalue weighted by Gasteiger charge is 2.50. The molecule has 0 fully saturated rings. The summed E-state index contributed by atoms with van der Waals surface area (Å²) in [6.45, 7) is 6.29. The van der Waals surface area contributed by atoms with Crippen LogP contribution in [0.5, 0.6) is 0 Å². The minimum Gasteiger partial charge on any atom is -0.310 e. The van der Waals surface area contributed by atoms with Crippen molar-refractivity contribution in [1.82, 2.24) is 4.57 Å². The smallest absolute Gasteiger partial charge is 0.252 e. The van der Waals surface area contributed by atoms with Gasteiger partial charge in [-0.3, -0.25) is 0 Å². The summed E-state index contributed by atoms with van der Waals surface area (Å²) >= 11 is 0. The Bertz CT molecular complexity index is 6520. The van der Waals surface area contributed by atoms with Gasteiger partial charge >= 0.3 is 0 Å². The average molecular weight is 1350 g/mol. The number of anilines is 6. The lowest BCUT2D eigenvalue weighted by Crippen LogP contribution is -2.61. The fourth-order valence-corrected chi connectivity index (χ4v) is 17.5. The second-order valence-electron chi connectivity index (χ2n) is 28.8. The maximum absolute atomic E-state index is 10.2. The number of aromatic nitrogens is 1. The van der Waals surface area contributed by atoms with Gasteiger partial charge in [-0.05, 0) is 154 Å². The molecule has 0 saturated heterocycles. The summed E-state index contributed by atoms with van der Waals surface area (Å²) in [4.78, 5) is 4.90. The summed E-state index contributed by atoms with van der Waals surface area (Å²) in [5.41, 5.74) is 27.0. The molecule has 3 nitrogen and oxygen atoms in total. The van der Waals surface area contributed by atoms with Crippen molar-refractivity contribution >= 4 is 79.0 Å². The van der Waals surface area contributed by atoms with Gasteiger partial charge in [0, 0.05) is 55.8 Å². The molecule has 20 rings (SSSR count). The summed E-state index contributed by atoms with van der Waals surface area (Å²) < 4.78 is 79.7. The molecule has 1 aromatic heterocycles. The molecule has 17 aromatic rings. The van der Waals surface area contributed by atoms with E-state index in [-0.39, 0.29) is 27.2 Å². The van der Waals surface area contributed by atoms with E-state index in [1.54, 1.807) is 4.57 Å². The van der Waals surface area contributed by atoms with Crippen molar-refractivity contribution in [3.8, 4) is 83.6 Å². The Labute approximate surface area is 625 Å². The molecule has 0 amide bonds. The van der Waals surface area contributed by atoms with Crippen LogP contribution in [0.1, 0.15) is 59.6 Å². The molecular formula is C101H72BN3. The van der Waals surface area contributed by atoms with Crippen molar-refractivity contribution in [2.45, 2.75) is 31.6 Å². The molecule has 4 heteroatoms. The number of para-hydroxylation sites is 3. The lowest BCUT2D eigenvalue weighted by Gasteiger charge is -2.46. The largest absolute Gasteiger partial charge is 0.310 e. The lowest BCUT2D eigenvalue weighted by molar-refractivity contribution is 0.591. The van der Waals surface area contributed by atoms with E-state index in [1.807, 2.05) is 18.2 Å². The van der Waals surface area contributed by atoms with Gasteiger partial charge in [0.25, 0.3) is 6.71 Å². The average Bonchev–Trinajstić information content (AvgIpc) is 1.63. The third-order valence-electron chi connectivity index (χ3n) is 22.0. The van der Waals surface area contributed by atoms with Crippen molar-refractivity contribution in [3.05, 3.63) is 410 Å². The first-order valence-electron chi connectivity index (χ1n) is 40.1. The zero-order valence-corrected chi connectivity index (χ0v) is 58.2. The highest BCUT2D eigenvalue weighted by Crippen LogP contribution is 2.60. The summed E-state index contributed by atoms with van der Waals surface area (Å²) in [5, 5.41) is -0.0266. The molecule has 0 bridgehead atoms. The number of benzene rings is 16.